The highest BCUT2D eigenvalue weighted by atomic mass is 19.1. The Balaban J connectivity index is 1.29. The summed E-state index contributed by atoms with van der Waals surface area (Å²) >= 11 is 0. The average molecular weight is 496 g/mol. The van der Waals surface area contributed by atoms with Gasteiger partial charge in [0, 0.05) is 48.3 Å². The number of hydrogen-bond acceptors (Lipinski definition) is 6. The van der Waals surface area contributed by atoms with Gasteiger partial charge < -0.3 is 14.4 Å². The van der Waals surface area contributed by atoms with Crippen LogP contribution in [0.2, 0.25) is 0 Å². The first kappa shape index (κ1) is 24.4. The number of imide groups is 1. The Bertz CT molecular complexity index is 1190. The normalized spacial score (nSPS) is 24.6. The molecule has 9 heteroatoms. The highest BCUT2D eigenvalue weighted by Crippen LogP contribution is 2.34. The molecule has 8 nitrogen and oxygen atoms in total. The molecular formula is C27H30FN3O5. The largest absolute Gasteiger partial charge is 0.488 e. The predicted octanol–water partition coefficient (Wildman–Crippen LogP) is 2.77. The summed E-state index contributed by atoms with van der Waals surface area (Å²) in [5.41, 5.74) is 2.17. The van der Waals surface area contributed by atoms with E-state index in [2.05, 4.69) is 10.2 Å². The van der Waals surface area contributed by atoms with Gasteiger partial charge in [-0.3, -0.25) is 24.6 Å². The maximum Gasteiger partial charge on any atom is 0.255 e. The maximum absolute atomic E-state index is 15.4. The van der Waals surface area contributed by atoms with Gasteiger partial charge in [-0.1, -0.05) is 24.3 Å². The number of nitrogens with one attached hydrogen (secondary N) is 1. The number of nitrogens with zero attached hydrogens (tertiary/aromatic N) is 2. The van der Waals surface area contributed by atoms with E-state index in [4.69, 9.17) is 9.47 Å². The number of carbonyl (C=O) groups is 3. The molecule has 2 fully saturated rings. The monoisotopic (exact) mass is 495 g/mol. The van der Waals surface area contributed by atoms with Gasteiger partial charge >= 0.3 is 0 Å². The second-order valence-corrected chi connectivity index (χ2v) is 9.81. The third-order valence-electron chi connectivity index (χ3n) is 6.97. The minimum Gasteiger partial charge on any atom is -0.488 e. The molecule has 2 aromatic carbocycles. The fourth-order valence-corrected chi connectivity index (χ4v) is 5.37. The fraction of sp³-hybridized carbons (Fsp3) is 0.444. The van der Waals surface area contributed by atoms with Crippen LogP contribution in [0.3, 0.4) is 0 Å². The number of piperidine rings is 1. The molecule has 190 valence electrons. The lowest BCUT2D eigenvalue weighted by Gasteiger charge is -2.35. The molecule has 2 unspecified atom stereocenters. The molecular weight excluding hydrogens is 465 g/mol. The van der Waals surface area contributed by atoms with Crippen LogP contribution in [0.1, 0.15) is 53.7 Å². The van der Waals surface area contributed by atoms with Crippen LogP contribution in [0, 0.1) is 5.82 Å². The van der Waals surface area contributed by atoms with Crippen molar-refractivity contribution in [1.29, 1.82) is 0 Å². The number of halogens is 1. The van der Waals surface area contributed by atoms with Crippen molar-refractivity contribution in [2.45, 2.75) is 64.6 Å². The van der Waals surface area contributed by atoms with E-state index in [1.807, 2.05) is 19.9 Å². The lowest BCUT2D eigenvalue weighted by atomic mass is 10.0. The maximum atomic E-state index is 15.4. The zero-order valence-electron chi connectivity index (χ0n) is 20.5. The number of fused-ring (bicyclic) bond motifs is 1. The molecule has 0 aliphatic carbocycles. The molecule has 2 aromatic rings. The molecule has 0 aromatic heterocycles. The van der Waals surface area contributed by atoms with Gasteiger partial charge in [0.15, 0.2) is 0 Å². The number of ether oxygens (including phenoxy) is 2. The van der Waals surface area contributed by atoms with Crippen LogP contribution >= 0.6 is 0 Å². The van der Waals surface area contributed by atoms with Crippen molar-refractivity contribution in [2.75, 3.05) is 13.1 Å². The first-order valence-electron chi connectivity index (χ1n) is 12.3. The fourth-order valence-electron chi connectivity index (χ4n) is 5.37. The average Bonchev–Trinajstić information content (AvgIpc) is 3.16. The van der Waals surface area contributed by atoms with Crippen molar-refractivity contribution in [3.8, 4) is 5.75 Å². The summed E-state index contributed by atoms with van der Waals surface area (Å²) in [6.07, 6.45) is 0.689. The number of amides is 3. The summed E-state index contributed by atoms with van der Waals surface area (Å²) in [5.74, 6) is -0.870. The number of morpholine rings is 1. The van der Waals surface area contributed by atoms with Gasteiger partial charge in [-0.15, -0.1) is 0 Å². The molecule has 0 spiro atoms. The zero-order valence-corrected chi connectivity index (χ0v) is 20.5. The van der Waals surface area contributed by atoms with Crippen LogP contribution in [0.5, 0.6) is 5.75 Å². The first-order valence-corrected chi connectivity index (χ1v) is 12.3. The van der Waals surface area contributed by atoms with E-state index in [-0.39, 0.29) is 49.4 Å². The first-order chi connectivity index (χ1) is 17.3. The van der Waals surface area contributed by atoms with Crippen molar-refractivity contribution in [1.82, 2.24) is 15.1 Å². The molecule has 3 amide bonds. The molecule has 36 heavy (non-hydrogen) atoms. The van der Waals surface area contributed by atoms with Crippen molar-refractivity contribution < 1.29 is 28.2 Å². The lowest BCUT2D eigenvalue weighted by molar-refractivity contribution is -0.136. The molecule has 0 bridgehead atoms. The van der Waals surface area contributed by atoms with Gasteiger partial charge in [0.1, 0.15) is 24.2 Å². The summed E-state index contributed by atoms with van der Waals surface area (Å²) in [4.78, 5) is 40.5. The molecule has 0 radical (unpaired) electrons. The molecule has 1 N–H and O–H groups in total. The number of hydrogen-bond donors (Lipinski definition) is 1. The van der Waals surface area contributed by atoms with E-state index in [0.29, 0.717) is 41.0 Å². The topological polar surface area (TPSA) is 88.2 Å². The van der Waals surface area contributed by atoms with E-state index in [1.165, 1.54) is 4.90 Å². The van der Waals surface area contributed by atoms with Crippen LogP contribution in [-0.2, 0) is 34.0 Å². The minimum absolute atomic E-state index is 0.0125. The summed E-state index contributed by atoms with van der Waals surface area (Å²) in [6.45, 7) is 6.25. The van der Waals surface area contributed by atoms with E-state index < -0.39 is 11.9 Å². The van der Waals surface area contributed by atoms with Crippen molar-refractivity contribution >= 4 is 17.7 Å². The van der Waals surface area contributed by atoms with Gasteiger partial charge in [0.2, 0.25) is 11.8 Å². The number of benzene rings is 2. The Labute approximate surface area is 209 Å². The summed E-state index contributed by atoms with van der Waals surface area (Å²) in [5, 5.41) is 2.31. The van der Waals surface area contributed by atoms with Crippen LogP contribution in [0.25, 0.3) is 0 Å². The Morgan fingerprint density at radius 1 is 1.06 bits per heavy atom. The van der Waals surface area contributed by atoms with Gasteiger partial charge in [-0.05, 0) is 32.4 Å². The molecule has 3 aliphatic heterocycles. The van der Waals surface area contributed by atoms with E-state index in [0.717, 1.165) is 13.1 Å². The standard InChI is InChI=1S/C27H30FN3O5/c1-16-11-30(12-17(2)36-16)13-18-5-3-6-19(25(18)28)15-35-23-8-4-7-20-21(23)14-31(27(20)34)22-9-10-24(32)29-26(22)33/h3-8,16-17,22H,9-15H2,1-2H3,(H,29,32,33)/t16?,17?,22-/m1/s1. The molecule has 3 heterocycles. The van der Waals surface area contributed by atoms with Gasteiger partial charge in [0.25, 0.3) is 5.91 Å². The van der Waals surface area contributed by atoms with Crippen molar-refractivity contribution in [3.63, 3.8) is 0 Å². The van der Waals surface area contributed by atoms with E-state index >= 15 is 4.39 Å². The number of carbonyl (C=O) groups excluding carboxylic acids is 3. The van der Waals surface area contributed by atoms with Gasteiger partial charge in [-0.2, -0.15) is 0 Å². The third kappa shape index (κ3) is 4.85. The zero-order chi connectivity index (χ0) is 25.4. The smallest absolute Gasteiger partial charge is 0.255 e. The Hall–Kier alpha value is -3.30. The Kier molecular flexibility index (Phi) is 6.77. The number of rotatable bonds is 6. The lowest BCUT2D eigenvalue weighted by Crippen LogP contribution is -2.52. The molecule has 3 atom stereocenters. The molecule has 0 saturated carbocycles. The van der Waals surface area contributed by atoms with Crippen LogP contribution in [-0.4, -0.2) is 58.9 Å². The highest BCUT2D eigenvalue weighted by molar-refractivity contribution is 6.05. The van der Waals surface area contributed by atoms with Crippen LogP contribution < -0.4 is 10.1 Å². The van der Waals surface area contributed by atoms with E-state index in [1.54, 1.807) is 30.3 Å². The molecule has 5 rings (SSSR count). The second-order valence-electron chi connectivity index (χ2n) is 9.81. The SMILES string of the molecule is CC1CN(Cc2cccc(COc3cccc4c3CN([C@@H]3CCC(=O)NC3=O)C4=O)c2F)CC(C)O1. The molecule has 2 saturated heterocycles. The summed E-state index contributed by atoms with van der Waals surface area (Å²) in [6, 6.07) is 9.78. The summed E-state index contributed by atoms with van der Waals surface area (Å²) < 4.78 is 27.2. The van der Waals surface area contributed by atoms with Gasteiger partial charge in [0.05, 0.1) is 18.8 Å². The van der Waals surface area contributed by atoms with Crippen molar-refractivity contribution in [3.05, 3.63) is 64.5 Å². The Morgan fingerprint density at radius 3 is 2.53 bits per heavy atom. The summed E-state index contributed by atoms with van der Waals surface area (Å²) in [7, 11) is 0. The highest BCUT2D eigenvalue weighted by Gasteiger charge is 2.40. The van der Waals surface area contributed by atoms with Crippen LogP contribution in [0.4, 0.5) is 4.39 Å². The van der Waals surface area contributed by atoms with Crippen LogP contribution in [0.15, 0.2) is 36.4 Å². The van der Waals surface area contributed by atoms with E-state index in [9.17, 15) is 14.4 Å². The predicted molar refractivity (Wildman–Crippen MR) is 129 cm³/mol. The Morgan fingerprint density at radius 2 is 1.78 bits per heavy atom. The van der Waals surface area contributed by atoms with Crippen molar-refractivity contribution in [2.24, 2.45) is 0 Å². The van der Waals surface area contributed by atoms with Gasteiger partial charge in [-0.25, -0.2) is 4.39 Å². The molecule has 3 aliphatic rings. The third-order valence-corrected chi connectivity index (χ3v) is 6.97. The second kappa shape index (κ2) is 9.99. The quantitative estimate of drug-likeness (QED) is 0.620. The minimum atomic E-state index is -0.699.